The summed E-state index contributed by atoms with van der Waals surface area (Å²) in [6.07, 6.45) is 0. The lowest BCUT2D eigenvalue weighted by molar-refractivity contribution is -0.113. The van der Waals surface area contributed by atoms with Gasteiger partial charge in [0.2, 0.25) is 0 Å². The molecular weight excluding hydrogens is 194 g/mol. The molecule has 1 aliphatic rings. The number of Topliss-reactive ketones (excluding diaryl/α,β-unsaturated/α-hetero) is 1. The van der Waals surface area contributed by atoms with E-state index in [2.05, 4.69) is 5.32 Å². The Hall–Kier alpha value is -1.36. The predicted octanol–water partition coefficient (Wildman–Crippen LogP) is 0.290. The maximum atomic E-state index is 11.3. The molecule has 84 valence electrons. The first-order valence-electron chi connectivity index (χ1n) is 4.99. The fourth-order valence-corrected chi connectivity index (χ4v) is 1.64. The van der Waals surface area contributed by atoms with E-state index < -0.39 is 0 Å². The summed E-state index contributed by atoms with van der Waals surface area (Å²) in [5.74, 6) is -0.214. The molecule has 5 nitrogen and oxygen atoms in total. The van der Waals surface area contributed by atoms with Gasteiger partial charge >= 0.3 is 0 Å². The Kier molecular flexibility index (Phi) is 3.85. The number of carbonyl (C=O) groups excluding carboxylic acids is 1. The molecule has 0 radical (unpaired) electrons. The molecule has 1 heterocycles. The van der Waals surface area contributed by atoms with Crippen LogP contribution in [0.1, 0.15) is 13.8 Å². The van der Waals surface area contributed by atoms with Crippen LogP contribution in [-0.4, -0.2) is 47.8 Å². The largest absolute Gasteiger partial charge is 0.512 e. The van der Waals surface area contributed by atoms with E-state index in [9.17, 15) is 9.90 Å². The molecule has 1 saturated heterocycles. The minimum atomic E-state index is -0.265. The Bertz CT molecular complexity index is 300. The number of hydrogen-bond acceptors (Lipinski definition) is 4. The SMILES string of the molecule is CC(=O)/C(C(=N)N1CCNCC1)=C(/C)O. The summed E-state index contributed by atoms with van der Waals surface area (Å²) in [7, 11) is 0. The highest BCUT2D eigenvalue weighted by Gasteiger charge is 2.21. The first-order valence-corrected chi connectivity index (χ1v) is 4.99. The minimum Gasteiger partial charge on any atom is -0.512 e. The van der Waals surface area contributed by atoms with Crippen molar-refractivity contribution < 1.29 is 9.90 Å². The highest BCUT2D eigenvalue weighted by Crippen LogP contribution is 2.09. The van der Waals surface area contributed by atoms with Crippen molar-refractivity contribution in [1.82, 2.24) is 10.2 Å². The van der Waals surface area contributed by atoms with Crippen LogP contribution in [0, 0.1) is 5.41 Å². The number of aliphatic hydroxyl groups is 1. The molecule has 0 atom stereocenters. The predicted molar refractivity (Wildman–Crippen MR) is 58.2 cm³/mol. The van der Waals surface area contributed by atoms with Crippen molar-refractivity contribution >= 4 is 11.6 Å². The molecule has 0 aromatic carbocycles. The molecule has 0 spiro atoms. The van der Waals surface area contributed by atoms with Crippen molar-refractivity contribution in [2.45, 2.75) is 13.8 Å². The molecule has 0 aromatic heterocycles. The van der Waals surface area contributed by atoms with Gasteiger partial charge in [0.1, 0.15) is 11.6 Å². The van der Waals surface area contributed by atoms with Gasteiger partial charge in [0.15, 0.2) is 5.78 Å². The lowest BCUT2D eigenvalue weighted by atomic mass is 10.1. The second kappa shape index (κ2) is 4.93. The molecule has 1 rings (SSSR count). The molecule has 1 fully saturated rings. The zero-order valence-electron chi connectivity index (χ0n) is 9.13. The number of nitrogens with one attached hydrogen (secondary N) is 2. The van der Waals surface area contributed by atoms with E-state index in [-0.39, 0.29) is 23.0 Å². The molecule has 1 aliphatic heterocycles. The van der Waals surface area contributed by atoms with Crippen LogP contribution in [0.2, 0.25) is 0 Å². The Morgan fingerprint density at radius 3 is 2.27 bits per heavy atom. The van der Waals surface area contributed by atoms with E-state index in [1.54, 1.807) is 4.90 Å². The molecule has 3 N–H and O–H groups in total. The Labute approximate surface area is 89.3 Å². The van der Waals surface area contributed by atoms with Crippen LogP contribution in [0.5, 0.6) is 0 Å². The second-order valence-corrected chi connectivity index (χ2v) is 3.60. The van der Waals surface area contributed by atoms with Crippen molar-refractivity contribution in [3.05, 3.63) is 11.3 Å². The smallest absolute Gasteiger partial charge is 0.166 e. The van der Waals surface area contributed by atoms with Crippen LogP contribution in [0.25, 0.3) is 0 Å². The summed E-state index contributed by atoms with van der Waals surface area (Å²) in [4.78, 5) is 13.1. The zero-order valence-corrected chi connectivity index (χ0v) is 9.13. The van der Waals surface area contributed by atoms with Gasteiger partial charge in [-0.2, -0.15) is 0 Å². The van der Waals surface area contributed by atoms with Crippen LogP contribution < -0.4 is 5.32 Å². The average Bonchev–Trinajstić information content (AvgIpc) is 2.18. The van der Waals surface area contributed by atoms with Crippen molar-refractivity contribution in [2.24, 2.45) is 0 Å². The normalized spacial score (nSPS) is 18.4. The average molecular weight is 211 g/mol. The highest BCUT2D eigenvalue weighted by atomic mass is 16.3. The lowest BCUT2D eigenvalue weighted by Gasteiger charge is -2.30. The van der Waals surface area contributed by atoms with Gasteiger partial charge in [0, 0.05) is 26.2 Å². The topological polar surface area (TPSA) is 76.4 Å². The van der Waals surface area contributed by atoms with Crippen molar-refractivity contribution in [2.75, 3.05) is 26.2 Å². The number of aliphatic hydroxyl groups excluding tert-OH is 1. The maximum absolute atomic E-state index is 11.3. The third kappa shape index (κ3) is 2.79. The summed E-state index contributed by atoms with van der Waals surface area (Å²) in [6.45, 7) is 5.81. The number of allylic oxidation sites excluding steroid dienone is 1. The van der Waals surface area contributed by atoms with Crippen LogP contribution in [0.4, 0.5) is 0 Å². The highest BCUT2D eigenvalue weighted by molar-refractivity contribution is 6.19. The standard InChI is InChI=1S/C10H17N3O2/c1-7(14)9(8(2)15)10(11)13-5-3-12-4-6-13/h11-12,14H,3-6H2,1-2H3/b9-7+,11-10?. The summed E-state index contributed by atoms with van der Waals surface area (Å²) in [5, 5.41) is 20.4. The molecule has 5 heteroatoms. The van der Waals surface area contributed by atoms with Crippen LogP contribution in [0.3, 0.4) is 0 Å². The van der Waals surface area contributed by atoms with Gasteiger partial charge in [-0.25, -0.2) is 0 Å². The second-order valence-electron chi connectivity index (χ2n) is 3.60. The summed E-state index contributed by atoms with van der Waals surface area (Å²) < 4.78 is 0. The van der Waals surface area contributed by atoms with Gasteiger partial charge in [0.05, 0.1) is 5.57 Å². The zero-order chi connectivity index (χ0) is 11.4. The van der Waals surface area contributed by atoms with Gasteiger partial charge < -0.3 is 15.3 Å². The van der Waals surface area contributed by atoms with E-state index in [1.807, 2.05) is 0 Å². The fourth-order valence-electron chi connectivity index (χ4n) is 1.64. The van der Waals surface area contributed by atoms with E-state index in [1.165, 1.54) is 13.8 Å². The number of rotatable bonds is 2. The van der Waals surface area contributed by atoms with Gasteiger partial charge in [0.25, 0.3) is 0 Å². The molecule has 15 heavy (non-hydrogen) atoms. The van der Waals surface area contributed by atoms with Crippen LogP contribution >= 0.6 is 0 Å². The van der Waals surface area contributed by atoms with E-state index in [0.29, 0.717) is 13.1 Å². The first-order chi connectivity index (χ1) is 7.04. The van der Waals surface area contributed by atoms with E-state index in [0.717, 1.165) is 13.1 Å². The monoisotopic (exact) mass is 211 g/mol. The molecule has 0 saturated carbocycles. The van der Waals surface area contributed by atoms with E-state index >= 15 is 0 Å². The van der Waals surface area contributed by atoms with Gasteiger partial charge in [-0.15, -0.1) is 0 Å². The third-order valence-corrected chi connectivity index (χ3v) is 2.38. The Morgan fingerprint density at radius 2 is 1.87 bits per heavy atom. The number of nitrogens with zero attached hydrogens (tertiary/aromatic N) is 1. The number of ketones is 1. The molecular formula is C10H17N3O2. The Morgan fingerprint density at radius 1 is 1.33 bits per heavy atom. The Balaban J connectivity index is 2.81. The lowest BCUT2D eigenvalue weighted by Crippen LogP contribution is -2.47. The summed E-state index contributed by atoms with van der Waals surface area (Å²) in [5.41, 5.74) is 0.122. The molecule has 0 unspecified atom stereocenters. The quantitative estimate of drug-likeness (QED) is 0.265. The first kappa shape index (κ1) is 11.7. The molecule has 0 aromatic rings. The molecule has 0 bridgehead atoms. The van der Waals surface area contributed by atoms with E-state index in [4.69, 9.17) is 5.41 Å². The third-order valence-electron chi connectivity index (χ3n) is 2.38. The van der Waals surface area contributed by atoms with Crippen LogP contribution in [0.15, 0.2) is 11.3 Å². The van der Waals surface area contributed by atoms with Gasteiger partial charge in [-0.05, 0) is 13.8 Å². The number of carbonyl (C=O) groups is 1. The van der Waals surface area contributed by atoms with Gasteiger partial charge in [-0.3, -0.25) is 10.2 Å². The minimum absolute atomic E-state index is 0.0777. The van der Waals surface area contributed by atoms with Crippen molar-refractivity contribution in [3.8, 4) is 0 Å². The number of piperazine rings is 1. The molecule has 0 amide bonds. The summed E-state index contributed by atoms with van der Waals surface area (Å²) >= 11 is 0. The summed E-state index contributed by atoms with van der Waals surface area (Å²) in [6, 6.07) is 0. The number of amidine groups is 1. The molecule has 0 aliphatic carbocycles. The van der Waals surface area contributed by atoms with Crippen molar-refractivity contribution in [1.29, 1.82) is 5.41 Å². The van der Waals surface area contributed by atoms with Crippen LogP contribution in [-0.2, 0) is 4.79 Å². The maximum Gasteiger partial charge on any atom is 0.166 e. The number of hydrogen-bond donors (Lipinski definition) is 3. The fraction of sp³-hybridized carbons (Fsp3) is 0.600. The van der Waals surface area contributed by atoms with Crippen molar-refractivity contribution in [3.63, 3.8) is 0 Å². The van der Waals surface area contributed by atoms with Gasteiger partial charge in [-0.1, -0.05) is 0 Å².